The third kappa shape index (κ3) is 1.97. The average molecular weight is 341 g/mol. The first kappa shape index (κ1) is 12.8. The Morgan fingerprint density at radius 3 is 2.80 bits per heavy atom. The summed E-state index contributed by atoms with van der Waals surface area (Å²) in [4.78, 5) is 10.8. The Balaban J connectivity index is 2.13. The van der Waals surface area contributed by atoms with Crippen molar-refractivity contribution in [2.45, 2.75) is 0 Å². The number of aromatic nitrogens is 2. The van der Waals surface area contributed by atoms with Crippen LogP contribution in [0.25, 0.3) is 11.3 Å². The summed E-state index contributed by atoms with van der Waals surface area (Å²) in [6, 6.07) is 2.90. The van der Waals surface area contributed by atoms with Crippen LogP contribution in [-0.2, 0) is 0 Å². The summed E-state index contributed by atoms with van der Waals surface area (Å²) >= 11 is 3.24. The van der Waals surface area contributed by atoms with E-state index in [1.807, 2.05) is 0 Å². The van der Waals surface area contributed by atoms with Gasteiger partial charge < -0.3 is 19.7 Å². The highest BCUT2D eigenvalue weighted by molar-refractivity contribution is 9.10. The van der Waals surface area contributed by atoms with Crippen molar-refractivity contribution in [2.24, 2.45) is 0 Å². The van der Waals surface area contributed by atoms with Gasteiger partial charge in [0, 0.05) is 5.56 Å². The predicted octanol–water partition coefficient (Wildman–Crippen LogP) is 2.01. The summed E-state index contributed by atoms with van der Waals surface area (Å²) in [5.41, 5.74) is 0.591. The van der Waals surface area contributed by atoms with Crippen LogP contribution in [0.5, 0.6) is 17.2 Å². The molecular formula is C12H9BrN2O5. The van der Waals surface area contributed by atoms with Crippen molar-refractivity contribution in [2.75, 3.05) is 13.2 Å². The normalized spacial score (nSPS) is 13.2. The Morgan fingerprint density at radius 1 is 1.35 bits per heavy atom. The number of carboxylic acid groups (broad SMARTS) is 1. The van der Waals surface area contributed by atoms with Crippen LogP contribution in [0, 0.1) is 0 Å². The smallest absolute Gasteiger partial charge is 0.353 e. The number of phenolic OH excluding ortho intramolecular Hbond substituents is 1. The average Bonchev–Trinajstić information content (AvgIpc) is 2.92. The zero-order valence-electron chi connectivity index (χ0n) is 10.0. The van der Waals surface area contributed by atoms with E-state index in [9.17, 15) is 9.90 Å². The number of carboxylic acids is 1. The molecule has 0 saturated carbocycles. The lowest BCUT2D eigenvalue weighted by Crippen LogP contribution is -2.15. The molecule has 0 amide bonds. The number of ether oxygens (including phenoxy) is 2. The standard InChI is InChI=1S/C12H9BrN2O5/c13-9-10(16)5(3-8-11(9)20-2-1-19-8)6-4-7(12(17)18)15-14-6/h3-4,16H,1-2H2,(H,14,15)(H,17,18). The number of hydrogen-bond acceptors (Lipinski definition) is 5. The maximum atomic E-state index is 10.8. The first-order valence-electron chi connectivity index (χ1n) is 5.68. The number of carbonyl (C=O) groups is 1. The quantitative estimate of drug-likeness (QED) is 0.772. The van der Waals surface area contributed by atoms with Gasteiger partial charge in [-0.2, -0.15) is 5.10 Å². The number of benzene rings is 1. The van der Waals surface area contributed by atoms with Crippen LogP contribution in [0.15, 0.2) is 16.6 Å². The monoisotopic (exact) mass is 340 g/mol. The highest BCUT2D eigenvalue weighted by Gasteiger charge is 2.23. The van der Waals surface area contributed by atoms with Crippen molar-refractivity contribution in [3.63, 3.8) is 0 Å². The van der Waals surface area contributed by atoms with Gasteiger partial charge in [-0.05, 0) is 28.1 Å². The van der Waals surface area contributed by atoms with E-state index in [2.05, 4.69) is 26.1 Å². The number of halogens is 1. The van der Waals surface area contributed by atoms with Gasteiger partial charge in [0.2, 0.25) is 0 Å². The highest BCUT2D eigenvalue weighted by Crippen LogP contribution is 2.48. The zero-order chi connectivity index (χ0) is 14.3. The summed E-state index contributed by atoms with van der Waals surface area (Å²) in [6.45, 7) is 0.806. The van der Waals surface area contributed by atoms with Crippen LogP contribution >= 0.6 is 15.9 Å². The minimum absolute atomic E-state index is 0.0644. The van der Waals surface area contributed by atoms with E-state index in [4.69, 9.17) is 14.6 Å². The molecular weight excluding hydrogens is 332 g/mol. The summed E-state index contributed by atoms with van der Waals surface area (Å²) in [5, 5.41) is 25.3. The van der Waals surface area contributed by atoms with E-state index < -0.39 is 5.97 Å². The molecule has 0 radical (unpaired) electrons. The van der Waals surface area contributed by atoms with Gasteiger partial charge in [-0.15, -0.1) is 0 Å². The molecule has 1 aliphatic heterocycles. The summed E-state index contributed by atoms with van der Waals surface area (Å²) in [5.74, 6) is -0.320. The van der Waals surface area contributed by atoms with Gasteiger partial charge in [0.25, 0.3) is 0 Å². The molecule has 0 atom stereocenters. The summed E-state index contributed by atoms with van der Waals surface area (Å²) in [7, 11) is 0. The number of fused-ring (bicyclic) bond motifs is 1. The van der Waals surface area contributed by atoms with Crippen molar-refractivity contribution in [3.8, 4) is 28.5 Å². The molecule has 3 N–H and O–H groups in total. The number of nitrogens with one attached hydrogen (secondary N) is 1. The SMILES string of the molecule is O=C(O)c1cc(-c2cc3c(c(Br)c2O)OCCO3)n[nH]1. The largest absolute Gasteiger partial charge is 0.506 e. The van der Waals surface area contributed by atoms with Gasteiger partial charge in [0.05, 0.1) is 5.69 Å². The number of phenols is 1. The number of rotatable bonds is 2. The van der Waals surface area contributed by atoms with Crippen LogP contribution in [-0.4, -0.2) is 39.6 Å². The topological polar surface area (TPSA) is 105 Å². The molecule has 104 valence electrons. The Labute approximate surface area is 121 Å². The van der Waals surface area contributed by atoms with Crippen molar-refractivity contribution in [1.29, 1.82) is 0 Å². The van der Waals surface area contributed by atoms with Crippen molar-refractivity contribution in [3.05, 3.63) is 22.3 Å². The Morgan fingerprint density at radius 2 is 2.10 bits per heavy atom. The van der Waals surface area contributed by atoms with E-state index in [0.717, 1.165) is 0 Å². The van der Waals surface area contributed by atoms with Crippen LogP contribution in [0.2, 0.25) is 0 Å². The maximum absolute atomic E-state index is 10.8. The van der Waals surface area contributed by atoms with E-state index >= 15 is 0 Å². The molecule has 20 heavy (non-hydrogen) atoms. The molecule has 1 aliphatic rings. The highest BCUT2D eigenvalue weighted by atomic mass is 79.9. The lowest BCUT2D eigenvalue weighted by atomic mass is 10.1. The lowest BCUT2D eigenvalue weighted by molar-refractivity contribution is 0.0690. The summed E-state index contributed by atoms with van der Waals surface area (Å²) in [6.07, 6.45) is 0. The molecule has 8 heteroatoms. The third-order valence-corrected chi connectivity index (χ3v) is 3.57. The molecule has 0 spiro atoms. The molecule has 0 unspecified atom stereocenters. The number of hydrogen-bond donors (Lipinski definition) is 3. The van der Waals surface area contributed by atoms with Crippen molar-refractivity contribution in [1.82, 2.24) is 10.2 Å². The van der Waals surface area contributed by atoms with Crippen molar-refractivity contribution < 1.29 is 24.5 Å². The molecule has 0 aliphatic carbocycles. The Hall–Kier alpha value is -2.22. The molecule has 7 nitrogen and oxygen atoms in total. The molecule has 1 aromatic heterocycles. The minimum Gasteiger partial charge on any atom is -0.506 e. The second kappa shape index (κ2) is 4.71. The molecule has 2 aromatic rings. The van der Waals surface area contributed by atoms with Crippen LogP contribution in [0.4, 0.5) is 0 Å². The maximum Gasteiger partial charge on any atom is 0.353 e. The third-order valence-electron chi connectivity index (χ3n) is 2.83. The number of aromatic amines is 1. The van der Waals surface area contributed by atoms with Crippen LogP contribution in [0.1, 0.15) is 10.5 Å². The van der Waals surface area contributed by atoms with E-state index in [1.165, 1.54) is 6.07 Å². The van der Waals surface area contributed by atoms with Crippen molar-refractivity contribution >= 4 is 21.9 Å². The van der Waals surface area contributed by atoms with Gasteiger partial charge in [0.15, 0.2) is 11.5 Å². The Bertz CT molecular complexity index is 697. The van der Waals surface area contributed by atoms with Gasteiger partial charge >= 0.3 is 5.97 Å². The van der Waals surface area contributed by atoms with E-state index in [1.54, 1.807) is 6.07 Å². The fraction of sp³-hybridized carbons (Fsp3) is 0.167. The van der Waals surface area contributed by atoms with Gasteiger partial charge in [-0.1, -0.05) is 0 Å². The summed E-state index contributed by atoms with van der Waals surface area (Å²) < 4.78 is 11.2. The molecule has 0 saturated heterocycles. The lowest BCUT2D eigenvalue weighted by Gasteiger charge is -2.21. The Kier molecular flexibility index (Phi) is 3.01. The molecule has 1 aromatic carbocycles. The van der Waals surface area contributed by atoms with Crippen LogP contribution < -0.4 is 9.47 Å². The molecule has 0 bridgehead atoms. The van der Waals surface area contributed by atoms with E-state index in [-0.39, 0.29) is 11.4 Å². The van der Waals surface area contributed by atoms with Gasteiger partial charge in [0.1, 0.15) is 29.1 Å². The molecule has 0 fully saturated rings. The number of H-pyrrole nitrogens is 1. The van der Waals surface area contributed by atoms with Gasteiger partial charge in [-0.25, -0.2) is 4.79 Å². The number of aromatic hydroxyl groups is 1. The number of aromatic carboxylic acids is 1. The second-order valence-corrected chi connectivity index (χ2v) is 4.88. The molecule has 3 rings (SSSR count). The fourth-order valence-electron chi connectivity index (χ4n) is 1.90. The minimum atomic E-state index is -1.13. The first-order chi connectivity index (χ1) is 9.58. The van der Waals surface area contributed by atoms with Gasteiger partial charge in [-0.3, -0.25) is 5.10 Å². The predicted molar refractivity (Wildman–Crippen MR) is 71.3 cm³/mol. The first-order valence-corrected chi connectivity index (χ1v) is 6.47. The number of nitrogens with zero attached hydrogens (tertiary/aromatic N) is 1. The zero-order valence-corrected chi connectivity index (χ0v) is 11.6. The van der Waals surface area contributed by atoms with E-state index in [0.29, 0.717) is 40.4 Å². The molecule has 2 heterocycles. The second-order valence-electron chi connectivity index (χ2n) is 4.08. The van der Waals surface area contributed by atoms with Crippen LogP contribution in [0.3, 0.4) is 0 Å². The fourth-order valence-corrected chi connectivity index (χ4v) is 2.42.